The molecule has 3 rings (SSSR count). The Balaban J connectivity index is 2.26. The van der Waals surface area contributed by atoms with Gasteiger partial charge in [-0.05, 0) is 37.5 Å². The first-order valence-corrected chi connectivity index (χ1v) is 7.21. The summed E-state index contributed by atoms with van der Waals surface area (Å²) in [6.45, 7) is 2.10. The molecule has 1 aliphatic carbocycles. The second kappa shape index (κ2) is 4.44. The molecule has 1 aromatic heterocycles. The average molecular weight is 303 g/mol. The minimum Gasteiger partial charge on any atom is -0.343 e. The van der Waals surface area contributed by atoms with Crippen LogP contribution in [0.5, 0.6) is 0 Å². The van der Waals surface area contributed by atoms with Crippen molar-refractivity contribution in [1.82, 2.24) is 4.57 Å². The lowest BCUT2D eigenvalue weighted by atomic mass is 10.1. The van der Waals surface area contributed by atoms with Crippen molar-refractivity contribution in [1.29, 1.82) is 5.26 Å². The fourth-order valence-corrected chi connectivity index (χ4v) is 3.29. The molecule has 0 amide bonds. The van der Waals surface area contributed by atoms with E-state index >= 15 is 0 Å². The lowest BCUT2D eigenvalue weighted by Gasteiger charge is -2.13. The predicted molar refractivity (Wildman–Crippen MR) is 76.6 cm³/mol. The average Bonchev–Trinajstić information content (AvgIpc) is 2.97. The highest BCUT2D eigenvalue weighted by molar-refractivity contribution is 9.10. The molecule has 2 aromatic rings. The molecule has 0 bridgehead atoms. The van der Waals surface area contributed by atoms with Crippen LogP contribution in [0.3, 0.4) is 0 Å². The van der Waals surface area contributed by atoms with Gasteiger partial charge in [0.1, 0.15) is 6.07 Å². The third kappa shape index (κ3) is 1.76. The van der Waals surface area contributed by atoms with Gasteiger partial charge in [-0.2, -0.15) is 5.26 Å². The molecular formula is C15H15BrN2. The molecule has 1 fully saturated rings. The van der Waals surface area contributed by atoms with Crippen molar-refractivity contribution in [2.45, 2.75) is 38.6 Å². The highest BCUT2D eigenvalue weighted by atomic mass is 79.9. The number of aromatic nitrogens is 1. The van der Waals surface area contributed by atoms with Gasteiger partial charge in [0.2, 0.25) is 0 Å². The van der Waals surface area contributed by atoms with E-state index in [-0.39, 0.29) is 0 Å². The fourth-order valence-electron chi connectivity index (χ4n) is 2.95. The van der Waals surface area contributed by atoms with Crippen LogP contribution in [0.15, 0.2) is 22.8 Å². The number of nitrogens with zero attached hydrogens (tertiary/aromatic N) is 2. The van der Waals surface area contributed by atoms with Crippen molar-refractivity contribution < 1.29 is 0 Å². The molecular weight excluding hydrogens is 288 g/mol. The molecule has 1 aliphatic rings. The molecule has 0 aliphatic heterocycles. The smallest absolute Gasteiger partial charge is 0.101 e. The van der Waals surface area contributed by atoms with E-state index in [0.29, 0.717) is 6.04 Å². The predicted octanol–water partition coefficient (Wildman–Crippen LogP) is 4.70. The van der Waals surface area contributed by atoms with Crippen LogP contribution in [0.4, 0.5) is 0 Å². The zero-order valence-corrected chi connectivity index (χ0v) is 12.0. The lowest BCUT2D eigenvalue weighted by molar-refractivity contribution is 0.535. The van der Waals surface area contributed by atoms with Gasteiger partial charge >= 0.3 is 0 Å². The van der Waals surface area contributed by atoms with E-state index < -0.39 is 0 Å². The Morgan fingerprint density at radius 3 is 2.72 bits per heavy atom. The Kier molecular flexibility index (Phi) is 2.91. The zero-order chi connectivity index (χ0) is 12.7. The van der Waals surface area contributed by atoms with Crippen molar-refractivity contribution in [2.24, 2.45) is 0 Å². The first kappa shape index (κ1) is 11.8. The monoisotopic (exact) mass is 302 g/mol. The quantitative estimate of drug-likeness (QED) is 0.750. The number of rotatable bonds is 1. The highest BCUT2D eigenvalue weighted by Gasteiger charge is 2.20. The molecule has 0 unspecified atom stereocenters. The molecule has 0 atom stereocenters. The van der Waals surface area contributed by atoms with Crippen molar-refractivity contribution in [3.05, 3.63) is 33.9 Å². The maximum atomic E-state index is 9.27. The van der Waals surface area contributed by atoms with Crippen LogP contribution in [0, 0.1) is 18.3 Å². The van der Waals surface area contributed by atoms with Crippen LogP contribution in [0.1, 0.15) is 42.9 Å². The molecule has 2 nitrogen and oxygen atoms in total. The van der Waals surface area contributed by atoms with Crippen molar-refractivity contribution >= 4 is 26.8 Å². The Labute approximate surface area is 115 Å². The molecule has 0 N–H and O–H groups in total. The van der Waals surface area contributed by atoms with Gasteiger partial charge in [0.25, 0.3) is 0 Å². The Morgan fingerprint density at radius 2 is 2.06 bits per heavy atom. The molecule has 1 heterocycles. The lowest BCUT2D eigenvalue weighted by Crippen LogP contribution is -2.02. The van der Waals surface area contributed by atoms with Gasteiger partial charge in [-0.1, -0.05) is 28.8 Å². The third-order valence-corrected chi connectivity index (χ3v) is 4.81. The maximum Gasteiger partial charge on any atom is 0.101 e. The first-order valence-electron chi connectivity index (χ1n) is 6.41. The summed E-state index contributed by atoms with van der Waals surface area (Å²) in [4.78, 5) is 0. The largest absolute Gasteiger partial charge is 0.343 e. The van der Waals surface area contributed by atoms with E-state index in [4.69, 9.17) is 0 Å². The van der Waals surface area contributed by atoms with Gasteiger partial charge in [0.05, 0.1) is 5.56 Å². The van der Waals surface area contributed by atoms with E-state index in [1.807, 2.05) is 6.20 Å². The van der Waals surface area contributed by atoms with Gasteiger partial charge in [-0.25, -0.2) is 0 Å². The van der Waals surface area contributed by atoms with Gasteiger partial charge in [-0.3, -0.25) is 0 Å². The molecule has 92 valence electrons. The van der Waals surface area contributed by atoms with Gasteiger partial charge in [-0.15, -0.1) is 0 Å². The van der Waals surface area contributed by atoms with Crippen LogP contribution in [-0.4, -0.2) is 4.57 Å². The van der Waals surface area contributed by atoms with E-state index in [9.17, 15) is 5.26 Å². The van der Waals surface area contributed by atoms with Crippen LogP contribution in [-0.2, 0) is 0 Å². The normalized spacial score (nSPS) is 16.3. The summed E-state index contributed by atoms with van der Waals surface area (Å²) in [5.74, 6) is 0. The Bertz CT molecular complexity index is 643. The van der Waals surface area contributed by atoms with E-state index in [1.54, 1.807) is 0 Å². The topological polar surface area (TPSA) is 28.7 Å². The maximum absolute atomic E-state index is 9.27. The number of halogens is 1. The van der Waals surface area contributed by atoms with Crippen molar-refractivity contribution in [3.63, 3.8) is 0 Å². The number of hydrogen-bond acceptors (Lipinski definition) is 1. The standard InChI is InChI=1S/C15H15BrN2/c1-10-6-15-13(7-14(10)16)11(8-17)9-18(15)12-4-2-3-5-12/h6-7,9,12H,2-5H2,1H3. The third-order valence-electron chi connectivity index (χ3n) is 3.95. The van der Waals surface area contributed by atoms with E-state index in [0.717, 1.165) is 15.4 Å². The zero-order valence-electron chi connectivity index (χ0n) is 10.4. The molecule has 18 heavy (non-hydrogen) atoms. The molecule has 3 heteroatoms. The number of nitriles is 1. The molecule has 1 aromatic carbocycles. The summed E-state index contributed by atoms with van der Waals surface area (Å²) in [6, 6.07) is 7.17. The number of fused-ring (bicyclic) bond motifs is 1. The second-order valence-electron chi connectivity index (χ2n) is 5.12. The van der Waals surface area contributed by atoms with Crippen molar-refractivity contribution in [3.8, 4) is 6.07 Å². The molecule has 0 spiro atoms. The Hall–Kier alpha value is -1.27. The van der Waals surface area contributed by atoms with E-state index in [2.05, 4.69) is 45.6 Å². The van der Waals surface area contributed by atoms with Crippen molar-refractivity contribution in [2.75, 3.05) is 0 Å². The van der Waals surface area contributed by atoms with Crippen LogP contribution in [0.25, 0.3) is 10.9 Å². The minimum atomic E-state index is 0.579. The molecule has 0 saturated heterocycles. The van der Waals surface area contributed by atoms with Crippen LogP contribution >= 0.6 is 15.9 Å². The highest BCUT2D eigenvalue weighted by Crippen LogP contribution is 2.35. The first-order chi connectivity index (χ1) is 8.70. The van der Waals surface area contributed by atoms with Crippen LogP contribution in [0.2, 0.25) is 0 Å². The van der Waals surface area contributed by atoms with Gasteiger partial charge in [0.15, 0.2) is 0 Å². The number of aryl methyl sites for hydroxylation is 1. The minimum absolute atomic E-state index is 0.579. The van der Waals surface area contributed by atoms with Crippen LogP contribution < -0.4 is 0 Å². The summed E-state index contributed by atoms with van der Waals surface area (Å²) in [5, 5.41) is 10.3. The van der Waals surface area contributed by atoms with E-state index in [1.165, 1.54) is 36.8 Å². The molecule has 1 saturated carbocycles. The summed E-state index contributed by atoms with van der Waals surface area (Å²) < 4.78 is 3.40. The fraction of sp³-hybridized carbons (Fsp3) is 0.400. The molecule has 0 radical (unpaired) electrons. The van der Waals surface area contributed by atoms with Gasteiger partial charge < -0.3 is 4.57 Å². The second-order valence-corrected chi connectivity index (χ2v) is 5.97. The summed E-state index contributed by atoms with van der Waals surface area (Å²) >= 11 is 3.55. The summed E-state index contributed by atoms with van der Waals surface area (Å²) in [7, 11) is 0. The Morgan fingerprint density at radius 1 is 1.33 bits per heavy atom. The summed E-state index contributed by atoms with van der Waals surface area (Å²) in [6.07, 6.45) is 7.13. The summed E-state index contributed by atoms with van der Waals surface area (Å²) in [5.41, 5.74) is 3.22. The SMILES string of the molecule is Cc1cc2c(cc1Br)c(C#N)cn2C1CCCC1. The van der Waals surface area contributed by atoms with Gasteiger partial charge in [0, 0.05) is 27.6 Å². The number of hydrogen-bond donors (Lipinski definition) is 0. The number of benzene rings is 1.